The molecule has 0 fully saturated rings. The van der Waals surface area contributed by atoms with Gasteiger partial charge < -0.3 is 28.9 Å². The van der Waals surface area contributed by atoms with Gasteiger partial charge in [-0.15, -0.1) is 0 Å². The van der Waals surface area contributed by atoms with Crippen molar-refractivity contribution in [2.75, 3.05) is 95.5 Å². The van der Waals surface area contributed by atoms with E-state index in [1.807, 2.05) is 0 Å². The van der Waals surface area contributed by atoms with E-state index in [2.05, 4.69) is 15.0 Å². The van der Waals surface area contributed by atoms with Crippen LogP contribution >= 0.6 is 0 Å². The number of hydrogen-bond acceptors (Lipinski definition) is 15. The highest BCUT2D eigenvalue weighted by molar-refractivity contribution is 5.72. The fourth-order valence-corrected chi connectivity index (χ4v) is 3.50. The SMILES string of the molecule is CC(=O)N(O)CCCCOCN(C)c1nc(N(C)COCCCCN(O)C(C)=O)nc(N(C)COCCCCN(O)C(C)=O)n1. The van der Waals surface area contributed by atoms with Crippen molar-refractivity contribution in [2.24, 2.45) is 0 Å². The molecule has 0 bridgehead atoms. The van der Waals surface area contributed by atoms with Crippen LogP contribution in [0.3, 0.4) is 0 Å². The van der Waals surface area contributed by atoms with Crippen LogP contribution in [0.25, 0.3) is 0 Å². The van der Waals surface area contributed by atoms with Gasteiger partial charge in [-0.05, 0) is 38.5 Å². The lowest BCUT2D eigenvalue weighted by Crippen LogP contribution is -2.31. The molecule has 0 aliphatic rings. The monoisotopic (exact) mass is 645 g/mol. The van der Waals surface area contributed by atoms with Crippen LogP contribution in [0.4, 0.5) is 17.8 Å². The van der Waals surface area contributed by atoms with Crippen LogP contribution in [0.1, 0.15) is 59.3 Å². The van der Waals surface area contributed by atoms with Gasteiger partial charge in [0.2, 0.25) is 35.6 Å². The summed E-state index contributed by atoms with van der Waals surface area (Å²) in [4.78, 5) is 52.2. The standard InChI is InChI=1S/C27H51N9O9/c1-22(37)34(40)13-7-10-16-43-19-31(4)25-28-26(32(5)20-44-17-11-8-14-35(41)23(2)38)30-27(29-25)33(6)21-45-18-12-9-15-36(42)24(3)39/h40-42H,7-21H2,1-6H3. The van der Waals surface area contributed by atoms with Crippen LogP contribution in [0.5, 0.6) is 0 Å². The number of anilines is 3. The molecule has 0 spiro atoms. The number of rotatable bonds is 24. The third-order valence-electron chi connectivity index (χ3n) is 6.30. The molecular weight excluding hydrogens is 594 g/mol. The zero-order valence-electron chi connectivity index (χ0n) is 27.4. The average Bonchev–Trinajstić information content (AvgIpc) is 3.00. The summed E-state index contributed by atoms with van der Waals surface area (Å²) in [7, 11) is 5.33. The van der Waals surface area contributed by atoms with Crippen molar-refractivity contribution in [3.05, 3.63) is 0 Å². The number of carbonyl (C=O) groups is 3. The summed E-state index contributed by atoms with van der Waals surface area (Å²) in [6, 6.07) is 0. The summed E-state index contributed by atoms with van der Waals surface area (Å²) in [5.74, 6) is -0.168. The summed E-state index contributed by atoms with van der Waals surface area (Å²) >= 11 is 0. The molecule has 45 heavy (non-hydrogen) atoms. The van der Waals surface area contributed by atoms with Crippen LogP contribution in [-0.4, -0.2) is 144 Å². The van der Waals surface area contributed by atoms with Gasteiger partial charge in [-0.25, -0.2) is 15.2 Å². The molecule has 0 aliphatic carbocycles. The molecule has 0 saturated heterocycles. The van der Waals surface area contributed by atoms with Crippen LogP contribution in [0.15, 0.2) is 0 Å². The zero-order chi connectivity index (χ0) is 33.8. The Bertz CT molecular complexity index is 888. The summed E-state index contributed by atoms with van der Waals surface area (Å²) in [6.07, 6.45) is 3.67. The number of carbonyl (C=O) groups excluding carboxylic acids is 3. The van der Waals surface area contributed by atoms with Crippen molar-refractivity contribution < 1.29 is 44.2 Å². The van der Waals surface area contributed by atoms with Gasteiger partial charge >= 0.3 is 0 Å². The summed E-state index contributed by atoms with van der Waals surface area (Å²) in [5, 5.41) is 30.4. The van der Waals surface area contributed by atoms with Gasteiger partial charge in [0.15, 0.2) is 0 Å². The van der Waals surface area contributed by atoms with Crippen molar-refractivity contribution in [3.8, 4) is 0 Å². The first-order chi connectivity index (χ1) is 21.3. The maximum atomic E-state index is 11.1. The quantitative estimate of drug-likeness (QED) is 0.0626. The molecule has 1 aromatic rings. The zero-order valence-corrected chi connectivity index (χ0v) is 27.4. The summed E-state index contributed by atoms with van der Waals surface area (Å²) in [5.41, 5.74) is 0. The second-order valence-corrected chi connectivity index (χ2v) is 10.5. The normalized spacial score (nSPS) is 10.9. The van der Waals surface area contributed by atoms with Gasteiger partial charge in [0, 0.05) is 81.4 Å². The highest BCUT2D eigenvalue weighted by Gasteiger charge is 2.17. The number of nitrogens with zero attached hydrogens (tertiary/aromatic N) is 9. The minimum atomic E-state index is -0.409. The van der Waals surface area contributed by atoms with E-state index >= 15 is 0 Å². The van der Waals surface area contributed by atoms with Gasteiger partial charge in [-0.1, -0.05) is 0 Å². The Labute approximate surface area is 264 Å². The third kappa shape index (κ3) is 17.0. The Hall–Kier alpha value is -3.42. The van der Waals surface area contributed by atoms with E-state index in [-0.39, 0.29) is 39.8 Å². The maximum absolute atomic E-state index is 11.1. The molecular formula is C27H51N9O9. The molecule has 258 valence electrons. The fourth-order valence-electron chi connectivity index (χ4n) is 3.50. The second-order valence-electron chi connectivity index (χ2n) is 10.5. The Morgan fingerprint density at radius 2 is 0.756 bits per heavy atom. The Morgan fingerprint density at radius 1 is 0.511 bits per heavy atom. The van der Waals surface area contributed by atoms with E-state index in [4.69, 9.17) is 14.2 Å². The van der Waals surface area contributed by atoms with E-state index in [1.54, 1.807) is 35.8 Å². The van der Waals surface area contributed by atoms with E-state index < -0.39 is 17.7 Å². The first kappa shape index (κ1) is 39.6. The minimum absolute atomic E-state index is 0.184. The second kappa shape index (κ2) is 22.1. The average molecular weight is 646 g/mol. The van der Waals surface area contributed by atoms with Crippen molar-refractivity contribution in [3.63, 3.8) is 0 Å². The van der Waals surface area contributed by atoms with Crippen molar-refractivity contribution >= 4 is 35.6 Å². The highest BCUT2D eigenvalue weighted by Crippen LogP contribution is 2.18. The van der Waals surface area contributed by atoms with Crippen LogP contribution < -0.4 is 14.7 Å². The van der Waals surface area contributed by atoms with Gasteiger partial charge in [0.05, 0.1) is 0 Å². The molecule has 0 radical (unpaired) electrons. The van der Waals surface area contributed by atoms with Gasteiger partial charge in [0.1, 0.15) is 20.2 Å². The van der Waals surface area contributed by atoms with Gasteiger partial charge in [-0.2, -0.15) is 15.0 Å². The number of amides is 3. The number of hydroxylamine groups is 6. The number of ether oxygens (including phenoxy) is 3. The fraction of sp³-hybridized carbons (Fsp3) is 0.778. The van der Waals surface area contributed by atoms with Gasteiger partial charge in [0.25, 0.3) is 0 Å². The molecule has 1 rings (SSSR count). The van der Waals surface area contributed by atoms with Crippen LogP contribution in [0, 0.1) is 0 Å². The first-order valence-electron chi connectivity index (χ1n) is 14.9. The molecule has 3 amide bonds. The highest BCUT2D eigenvalue weighted by atomic mass is 16.5. The van der Waals surface area contributed by atoms with Crippen LogP contribution in [-0.2, 0) is 28.6 Å². The largest absolute Gasteiger partial charge is 0.361 e. The minimum Gasteiger partial charge on any atom is -0.361 e. The lowest BCUT2D eigenvalue weighted by Gasteiger charge is -2.24. The third-order valence-corrected chi connectivity index (χ3v) is 6.30. The topological polar surface area (TPSA) is 198 Å². The molecule has 0 aliphatic heterocycles. The predicted octanol–water partition coefficient (Wildman–Crippen LogP) is 1.16. The molecule has 18 nitrogen and oxygen atoms in total. The maximum Gasteiger partial charge on any atom is 0.242 e. The van der Waals surface area contributed by atoms with E-state index in [0.717, 1.165) is 0 Å². The lowest BCUT2D eigenvalue weighted by atomic mass is 10.3. The molecule has 0 aromatic carbocycles. The van der Waals surface area contributed by atoms with Crippen molar-refractivity contribution in [1.82, 2.24) is 30.1 Å². The molecule has 1 heterocycles. The number of hydrogen-bond donors (Lipinski definition) is 3. The van der Waals surface area contributed by atoms with E-state index in [0.29, 0.717) is 91.4 Å². The predicted molar refractivity (Wildman–Crippen MR) is 163 cm³/mol. The Balaban J connectivity index is 2.75. The molecule has 0 saturated carbocycles. The molecule has 18 heteroatoms. The first-order valence-corrected chi connectivity index (χ1v) is 14.9. The Kier molecular flexibility index (Phi) is 19.5. The summed E-state index contributed by atoms with van der Waals surface area (Å²) < 4.78 is 17.2. The van der Waals surface area contributed by atoms with Crippen LogP contribution in [0.2, 0.25) is 0 Å². The molecule has 3 N–H and O–H groups in total. The molecule has 1 aromatic heterocycles. The lowest BCUT2D eigenvalue weighted by molar-refractivity contribution is -0.163. The number of unbranched alkanes of at least 4 members (excludes halogenated alkanes) is 3. The molecule has 0 unspecified atom stereocenters. The molecule has 0 atom stereocenters. The van der Waals surface area contributed by atoms with Gasteiger partial charge in [-0.3, -0.25) is 30.0 Å². The van der Waals surface area contributed by atoms with E-state index in [1.165, 1.54) is 20.8 Å². The van der Waals surface area contributed by atoms with E-state index in [9.17, 15) is 30.0 Å². The number of aromatic nitrogens is 3. The smallest absolute Gasteiger partial charge is 0.242 e. The summed E-state index contributed by atoms with van der Waals surface area (Å²) in [6.45, 7) is 6.34. The Morgan fingerprint density at radius 3 is 0.978 bits per heavy atom. The van der Waals surface area contributed by atoms with Crippen molar-refractivity contribution in [1.29, 1.82) is 0 Å². The van der Waals surface area contributed by atoms with Crippen molar-refractivity contribution in [2.45, 2.75) is 59.3 Å².